The van der Waals surface area contributed by atoms with Crippen molar-refractivity contribution in [3.05, 3.63) is 59.7 Å². The van der Waals surface area contributed by atoms with Crippen LogP contribution >= 0.6 is 0 Å². The summed E-state index contributed by atoms with van der Waals surface area (Å²) in [5.74, 6) is -0.216. The van der Waals surface area contributed by atoms with Gasteiger partial charge in [-0.05, 0) is 44.0 Å². The number of amides is 2. The summed E-state index contributed by atoms with van der Waals surface area (Å²) >= 11 is 0. The predicted molar refractivity (Wildman–Crippen MR) is 97.5 cm³/mol. The first kappa shape index (κ1) is 17.7. The molecular weight excluding hydrogens is 332 g/mol. The molecule has 6 nitrogen and oxygen atoms in total. The van der Waals surface area contributed by atoms with Crippen molar-refractivity contribution in [3.63, 3.8) is 0 Å². The number of carbonyl (C=O) groups is 3. The molecule has 2 aromatic rings. The minimum absolute atomic E-state index is 0.0736. The molecule has 6 heteroatoms. The maximum Gasteiger partial charge on any atom is 0.262 e. The quantitative estimate of drug-likeness (QED) is 0.751. The van der Waals surface area contributed by atoms with Crippen molar-refractivity contribution in [1.29, 1.82) is 0 Å². The van der Waals surface area contributed by atoms with E-state index >= 15 is 0 Å². The fourth-order valence-corrected chi connectivity index (χ4v) is 2.42. The normalized spacial score (nSPS) is 13.0. The van der Waals surface area contributed by atoms with E-state index in [-0.39, 0.29) is 30.2 Å². The second-order valence-electron chi connectivity index (χ2n) is 6.21. The average Bonchev–Trinajstić information content (AvgIpc) is 3.44. The van der Waals surface area contributed by atoms with Crippen LogP contribution in [0.3, 0.4) is 0 Å². The number of hydrogen-bond donors (Lipinski definition) is 2. The molecule has 134 valence electrons. The van der Waals surface area contributed by atoms with Crippen molar-refractivity contribution < 1.29 is 19.1 Å². The van der Waals surface area contributed by atoms with Crippen LogP contribution in [0, 0.1) is 0 Å². The van der Waals surface area contributed by atoms with Gasteiger partial charge in [0.05, 0.1) is 11.3 Å². The maximum atomic E-state index is 12.3. The lowest BCUT2D eigenvalue weighted by Crippen LogP contribution is -2.28. The molecule has 0 aliphatic heterocycles. The van der Waals surface area contributed by atoms with E-state index in [2.05, 4.69) is 10.6 Å². The summed E-state index contributed by atoms with van der Waals surface area (Å²) in [5, 5.41) is 5.61. The summed E-state index contributed by atoms with van der Waals surface area (Å²) in [4.78, 5) is 35.8. The molecular formula is C20H20N2O4. The largest absolute Gasteiger partial charge is 0.484 e. The van der Waals surface area contributed by atoms with Crippen LogP contribution in [-0.4, -0.2) is 30.2 Å². The Hall–Kier alpha value is -3.15. The topological polar surface area (TPSA) is 84.5 Å². The molecule has 2 amide bonds. The number of ketones is 1. The summed E-state index contributed by atoms with van der Waals surface area (Å²) in [6, 6.07) is 13.7. The van der Waals surface area contributed by atoms with E-state index in [1.807, 2.05) is 0 Å². The minimum atomic E-state index is -0.384. The average molecular weight is 352 g/mol. The van der Waals surface area contributed by atoms with Crippen molar-refractivity contribution in [2.75, 3.05) is 11.9 Å². The molecule has 0 radical (unpaired) electrons. The van der Waals surface area contributed by atoms with Gasteiger partial charge >= 0.3 is 0 Å². The van der Waals surface area contributed by atoms with Gasteiger partial charge in [0.2, 0.25) is 0 Å². The summed E-state index contributed by atoms with van der Waals surface area (Å²) < 4.78 is 5.44. The highest BCUT2D eigenvalue weighted by Crippen LogP contribution is 2.21. The highest BCUT2D eigenvalue weighted by molar-refractivity contribution is 6.04. The van der Waals surface area contributed by atoms with Crippen LogP contribution in [0.4, 0.5) is 5.69 Å². The monoisotopic (exact) mass is 352 g/mol. The fourth-order valence-electron chi connectivity index (χ4n) is 2.42. The lowest BCUT2D eigenvalue weighted by Gasteiger charge is -2.12. The molecule has 1 aliphatic rings. The number of carbonyl (C=O) groups excluding carboxylic acids is 3. The van der Waals surface area contributed by atoms with Crippen LogP contribution < -0.4 is 15.4 Å². The minimum Gasteiger partial charge on any atom is -0.484 e. The molecule has 1 aliphatic carbocycles. The first-order valence-corrected chi connectivity index (χ1v) is 8.46. The Kier molecular flexibility index (Phi) is 5.31. The van der Waals surface area contributed by atoms with Crippen LogP contribution in [0.15, 0.2) is 48.5 Å². The molecule has 2 N–H and O–H groups in total. The van der Waals surface area contributed by atoms with E-state index in [0.29, 0.717) is 22.6 Å². The van der Waals surface area contributed by atoms with Crippen molar-refractivity contribution in [1.82, 2.24) is 5.32 Å². The predicted octanol–water partition coefficient (Wildman–Crippen LogP) is 2.80. The Morgan fingerprint density at radius 3 is 2.58 bits per heavy atom. The Bertz CT molecular complexity index is 843. The van der Waals surface area contributed by atoms with E-state index in [1.165, 1.54) is 6.92 Å². The van der Waals surface area contributed by atoms with Gasteiger partial charge in [0.25, 0.3) is 11.8 Å². The van der Waals surface area contributed by atoms with E-state index in [4.69, 9.17) is 4.74 Å². The molecule has 0 unspecified atom stereocenters. The Balaban J connectivity index is 1.60. The van der Waals surface area contributed by atoms with Crippen molar-refractivity contribution in [2.24, 2.45) is 0 Å². The van der Waals surface area contributed by atoms with Crippen LogP contribution in [0.5, 0.6) is 5.75 Å². The summed E-state index contributed by atoms with van der Waals surface area (Å²) in [6.45, 7) is 1.25. The SMILES string of the molecule is CC(=O)c1cccc(OCC(=O)Nc2ccccc2C(=O)NC2CC2)c1. The van der Waals surface area contributed by atoms with Crippen molar-refractivity contribution >= 4 is 23.3 Å². The molecule has 0 spiro atoms. The molecule has 0 saturated heterocycles. The molecule has 1 fully saturated rings. The maximum absolute atomic E-state index is 12.3. The molecule has 0 aromatic heterocycles. The number of benzene rings is 2. The molecule has 26 heavy (non-hydrogen) atoms. The van der Waals surface area contributed by atoms with Crippen LogP contribution in [0.2, 0.25) is 0 Å². The summed E-state index contributed by atoms with van der Waals surface area (Å²) in [5.41, 5.74) is 1.38. The third kappa shape index (κ3) is 4.69. The zero-order chi connectivity index (χ0) is 18.5. The lowest BCUT2D eigenvalue weighted by atomic mass is 10.1. The zero-order valence-corrected chi connectivity index (χ0v) is 14.5. The van der Waals surface area contributed by atoms with Crippen LogP contribution in [0.25, 0.3) is 0 Å². The van der Waals surface area contributed by atoms with Gasteiger partial charge in [0.1, 0.15) is 5.75 Å². The molecule has 1 saturated carbocycles. The highest BCUT2D eigenvalue weighted by Gasteiger charge is 2.25. The first-order valence-electron chi connectivity index (χ1n) is 8.46. The number of ether oxygens (including phenoxy) is 1. The van der Waals surface area contributed by atoms with E-state index < -0.39 is 0 Å². The number of rotatable bonds is 7. The van der Waals surface area contributed by atoms with Gasteiger partial charge in [-0.3, -0.25) is 14.4 Å². The van der Waals surface area contributed by atoms with Crippen LogP contribution in [0.1, 0.15) is 40.5 Å². The standard InChI is InChI=1S/C20H20N2O4/c1-13(23)14-5-4-6-16(11-14)26-12-19(24)22-18-8-3-2-7-17(18)20(25)21-15-9-10-15/h2-8,11,15H,9-10,12H2,1H3,(H,21,25)(H,22,24). The second kappa shape index (κ2) is 7.82. The lowest BCUT2D eigenvalue weighted by molar-refractivity contribution is -0.118. The Morgan fingerprint density at radius 1 is 1.08 bits per heavy atom. The Labute approximate surface area is 151 Å². The fraction of sp³-hybridized carbons (Fsp3) is 0.250. The van der Waals surface area contributed by atoms with E-state index in [1.54, 1.807) is 48.5 Å². The van der Waals surface area contributed by atoms with Crippen molar-refractivity contribution in [2.45, 2.75) is 25.8 Å². The second-order valence-corrected chi connectivity index (χ2v) is 6.21. The van der Waals surface area contributed by atoms with Crippen LogP contribution in [-0.2, 0) is 4.79 Å². The van der Waals surface area contributed by atoms with Gasteiger partial charge in [-0.1, -0.05) is 24.3 Å². The number of Topliss-reactive ketones (excluding diaryl/α,β-unsaturated/α-hetero) is 1. The Morgan fingerprint density at radius 2 is 1.85 bits per heavy atom. The van der Waals surface area contributed by atoms with Crippen molar-refractivity contribution in [3.8, 4) is 5.75 Å². The number of para-hydroxylation sites is 1. The number of nitrogens with one attached hydrogen (secondary N) is 2. The highest BCUT2D eigenvalue weighted by atomic mass is 16.5. The van der Waals surface area contributed by atoms with Gasteiger partial charge < -0.3 is 15.4 Å². The smallest absolute Gasteiger partial charge is 0.262 e. The summed E-state index contributed by atoms with van der Waals surface area (Å²) in [7, 11) is 0. The van der Waals surface area contributed by atoms with Gasteiger partial charge in [-0.2, -0.15) is 0 Å². The third-order valence-electron chi connectivity index (χ3n) is 3.97. The third-order valence-corrected chi connectivity index (χ3v) is 3.97. The zero-order valence-electron chi connectivity index (χ0n) is 14.5. The molecule has 0 atom stereocenters. The van der Waals surface area contributed by atoms with E-state index in [0.717, 1.165) is 12.8 Å². The summed E-state index contributed by atoms with van der Waals surface area (Å²) in [6.07, 6.45) is 1.99. The van der Waals surface area contributed by atoms with E-state index in [9.17, 15) is 14.4 Å². The van der Waals surface area contributed by atoms with Gasteiger partial charge in [-0.25, -0.2) is 0 Å². The molecule has 0 heterocycles. The molecule has 3 rings (SSSR count). The molecule has 2 aromatic carbocycles. The number of anilines is 1. The molecule has 0 bridgehead atoms. The van der Waals surface area contributed by atoms with Gasteiger partial charge in [0.15, 0.2) is 12.4 Å². The van der Waals surface area contributed by atoms with Gasteiger partial charge in [0, 0.05) is 11.6 Å². The van der Waals surface area contributed by atoms with Gasteiger partial charge in [-0.15, -0.1) is 0 Å². The first-order chi connectivity index (χ1) is 12.5. The number of hydrogen-bond acceptors (Lipinski definition) is 4.